The molecule has 0 aliphatic heterocycles. The van der Waals surface area contributed by atoms with Crippen molar-refractivity contribution in [2.75, 3.05) is 5.88 Å². The molecule has 0 aromatic heterocycles. The number of carbonyl (C=O) groups is 1. The third-order valence-electron chi connectivity index (χ3n) is 2.65. The van der Waals surface area contributed by atoms with Crippen LogP contribution >= 0.6 is 27.5 Å². The van der Waals surface area contributed by atoms with Gasteiger partial charge in [-0.2, -0.15) is 0 Å². The normalized spacial score (nSPS) is 11.7. The van der Waals surface area contributed by atoms with Crippen molar-refractivity contribution < 1.29 is 14.3 Å². The molecule has 3 nitrogen and oxygen atoms in total. The lowest BCUT2D eigenvalue weighted by Gasteiger charge is -2.09. The molecule has 2 rings (SSSR count). The summed E-state index contributed by atoms with van der Waals surface area (Å²) in [4.78, 5) is 11.1. The van der Waals surface area contributed by atoms with E-state index in [1.807, 2.05) is 54.6 Å². The molecule has 1 atom stereocenters. The summed E-state index contributed by atoms with van der Waals surface area (Å²) in [6, 6.07) is 16.9. The van der Waals surface area contributed by atoms with Crippen LogP contribution in [0.2, 0.25) is 0 Å². The van der Waals surface area contributed by atoms with Crippen LogP contribution in [0.15, 0.2) is 54.6 Å². The van der Waals surface area contributed by atoms with E-state index in [-0.39, 0.29) is 18.5 Å². The van der Waals surface area contributed by atoms with Crippen molar-refractivity contribution in [2.45, 2.75) is 11.4 Å². The zero-order valence-corrected chi connectivity index (χ0v) is 13.5. The Morgan fingerprint density at radius 1 is 1.10 bits per heavy atom. The van der Waals surface area contributed by atoms with Crippen LogP contribution in [0.5, 0.6) is 11.5 Å². The summed E-state index contributed by atoms with van der Waals surface area (Å²) in [7, 11) is 0. The molecular weight excluding hydrogens is 356 g/mol. The maximum Gasteiger partial charge on any atom is 0.321 e. The highest BCUT2D eigenvalue weighted by Crippen LogP contribution is 2.22. The SMILES string of the molecule is O=C(OCc1cccc(Oc2ccccc2)c1)C(Br)CCl. The van der Waals surface area contributed by atoms with Crippen molar-refractivity contribution in [1.29, 1.82) is 0 Å². The summed E-state index contributed by atoms with van der Waals surface area (Å²) in [5.74, 6) is 1.26. The first-order valence-corrected chi connectivity index (χ1v) is 7.82. The van der Waals surface area contributed by atoms with E-state index in [0.29, 0.717) is 5.75 Å². The Bertz CT molecular complexity index is 589. The standard InChI is InChI=1S/C16H14BrClO3/c17-15(10-18)16(19)20-11-12-5-4-8-14(9-12)21-13-6-2-1-3-7-13/h1-9,15H,10-11H2. The smallest absolute Gasteiger partial charge is 0.321 e. The van der Waals surface area contributed by atoms with Crippen LogP contribution in [0.4, 0.5) is 0 Å². The zero-order chi connectivity index (χ0) is 15.1. The second-order valence-electron chi connectivity index (χ2n) is 4.29. The second kappa shape index (κ2) is 8.05. The molecule has 1 unspecified atom stereocenters. The molecule has 0 saturated carbocycles. The van der Waals surface area contributed by atoms with Gasteiger partial charge in [0.2, 0.25) is 0 Å². The average molecular weight is 370 g/mol. The van der Waals surface area contributed by atoms with Gasteiger partial charge < -0.3 is 9.47 Å². The molecule has 0 heterocycles. The molecule has 0 N–H and O–H groups in total. The predicted octanol–water partition coefficient (Wildman–Crippen LogP) is 4.52. The highest BCUT2D eigenvalue weighted by Gasteiger charge is 2.14. The van der Waals surface area contributed by atoms with Gasteiger partial charge in [-0.05, 0) is 29.8 Å². The van der Waals surface area contributed by atoms with E-state index in [0.717, 1.165) is 11.3 Å². The monoisotopic (exact) mass is 368 g/mol. The van der Waals surface area contributed by atoms with E-state index in [1.54, 1.807) is 0 Å². The van der Waals surface area contributed by atoms with Crippen LogP contribution in [0.1, 0.15) is 5.56 Å². The van der Waals surface area contributed by atoms with Crippen molar-refractivity contribution in [3.63, 3.8) is 0 Å². The molecule has 21 heavy (non-hydrogen) atoms. The average Bonchev–Trinajstić information content (AvgIpc) is 2.53. The molecule has 0 aliphatic carbocycles. The first-order valence-electron chi connectivity index (χ1n) is 6.37. The molecule has 0 spiro atoms. The lowest BCUT2D eigenvalue weighted by Crippen LogP contribution is -2.18. The molecule has 0 bridgehead atoms. The third-order valence-corrected chi connectivity index (χ3v) is 4.03. The summed E-state index contributed by atoms with van der Waals surface area (Å²) in [6.07, 6.45) is 0. The number of halogens is 2. The number of rotatable bonds is 6. The van der Waals surface area contributed by atoms with E-state index in [9.17, 15) is 4.79 Å². The van der Waals surface area contributed by atoms with Gasteiger partial charge in [-0.15, -0.1) is 11.6 Å². The molecular formula is C16H14BrClO3. The van der Waals surface area contributed by atoms with Gasteiger partial charge in [0.05, 0.1) is 0 Å². The van der Waals surface area contributed by atoms with Crippen molar-refractivity contribution in [1.82, 2.24) is 0 Å². The van der Waals surface area contributed by atoms with Gasteiger partial charge in [0.15, 0.2) is 0 Å². The highest BCUT2D eigenvalue weighted by molar-refractivity contribution is 9.10. The summed E-state index contributed by atoms with van der Waals surface area (Å²) in [5.41, 5.74) is 0.853. The molecule has 5 heteroatoms. The quantitative estimate of drug-likeness (QED) is 0.554. The first-order chi connectivity index (χ1) is 10.2. The van der Waals surface area contributed by atoms with Gasteiger partial charge in [-0.1, -0.05) is 46.3 Å². The van der Waals surface area contributed by atoms with Crippen LogP contribution in [-0.2, 0) is 16.1 Å². The van der Waals surface area contributed by atoms with Crippen LogP contribution in [0.25, 0.3) is 0 Å². The Balaban J connectivity index is 1.96. The van der Waals surface area contributed by atoms with Gasteiger partial charge in [0, 0.05) is 5.88 Å². The summed E-state index contributed by atoms with van der Waals surface area (Å²) in [5, 5.41) is 0. The summed E-state index contributed by atoms with van der Waals surface area (Å²) in [6.45, 7) is 0.184. The van der Waals surface area contributed by atoms with Crippen molar-refractivity contribution in [2.24, 2.45) is 0 Å². The van der Waals surface area contributed by atoms with Gasteiger partial charge >= 0.3 is 5.97 Å². The maximum atomic E-state index is 11.5. The van der Waals surface area contributed by atoms with Crippen LogP contribution in [0, 0.1) is 0 Å². The van der Waals surface area contributed by atoms with Crippen molar-refractivity contribution >= 4 is 33.5 Å². The van der Waals surface area contributed by atoms with E-state index in [2.05, 4.69) is 15.9 Å². The van der Waals surface area contributed by atoms with Crippen LogP contribution in [0.3, 0.4) is 0 Å². The molecule has 0 saturated heterocycles. The molecule has 2 aromatic rings. The number of hydrogen-bond donors (Lipinski definition) is 0. The van der Waals surface area contributed by atoms with Gasteiger partial charge in [-0.25, -0.2) is 0 Å². The number of esters is 1. The second-order valence-corrected chi connectivity index (χ2v) is 5.71. The summed E-state index contributed by atoms with van der Waals surface area (Å²) >= 11 is 8.72. The lowest BCUT2D eigenvalue weighted by molar-refractivity contribution is -0.143. The van der Waals surface area contributed by atoms with E-state index in [4.69, 9.17) is 21.1 Å². The van der Waals surface area contributed by atoms with Crippen molar-refractivity contribution in [3.05, 3.63) is 60.2 Å². The number of ether oxygens (including phenoxy) is 2. The maximum absolute atomic E-state index is 11.5. The number of benzene rings is 2. The Morgan fingerprint density at radius 2 is 1.81 bits per heavy atom. The number of alkyl halides is 2. The minimum atomic E-state index is -0.483. The fourth-order valence-corrected chi connectivity index (χ4v) is 1.89. The van der Waals surface area contributed by atoms with Crippen LogP contribution < -0.4 is 4.74 Å². The van der Waals surface area contributed by atoms with Crippen molar-refractivity contribution in [3.8, 4) is 11.5 Å². The molecule has 0 amide bonds. The van der Waals surface area contributed by atoms with E-state index >= 15 is 0 Å². The van der Waals surface area contributed by atoms with Crippen LogP contribution in [-0.4, -0.2) is 16.7 Å². The first kappa shape index (κ1) is 15.9. The van der Waals surface area contributed by atoms with E-state index in [1.165, 1.54) is 0 Å². The largest absolute Gasteiger partial charge is 0.460 e. The topological polar surface area (TPSA) is 35.5 Å². The number of para-hydroxylation sites is 1. The highest BCUT2D eigenvalue weighted by atomic mass is 79.9. The molecule has 2 aromatic carbocycles. The fourth-order valence-electron chi connectivity index (χ4n) is 1.63. The van der Waals surface area contributed by atoms with Gasteiger partial charge in [0.1, 0.15) is 22.9 Å². The molecule has 0 fully saturated rings. The van der Waals surface area contributed by atoms with E-state index < -0.39 is 4.83 Å². The Kier molecular flexibility index (Phi) is 6.08. The molecule has 0 aliphatic rings. The Labute approximate surface area is 137 Å². The van der Waals surface area contributed by atoms with Gasteiger partial charge in [0.25, 0.3) is 0 Å². The van der Waals surface area contributed by atoms with Gasteiger partial charge in [-0.3, -0.25) is 4.79 Å². The number of carbonyl (C=O) groups excluding carboxylic acids is 1. The molecule has 110 valence electrons. The Morgan fingerprint density at radius 3 is 2.52 bits per heavy atom. The third kappa shape index (κ3) is 5.06. The Hall–Kier alpha value is -1.52. The lowest BCUT2D eigenvalue weighted by atomic mass is 10.2. The minimum Gasteiger partial charge on any atom is -0.460 e. The molecule has 0 radical (unpaired) electrons. The predicted molar refractivity (Wildman–Crippen MR) is 86.2 cm³/mol. The summed E-state index contributed by atoms with van der Waals surface area (Å²) < 4.78 is 10.9. The minimum absolute atomic E-state index is 0.177. The fraction of sp³-hybridized carbons (Fsp3) is 0.188. The number of hydrogen-bond acceptors (Lipinski definition) is 3. The zero-order valence-electron chi connectivity index (χ0n) is 11.2.